The number of nitrogens with zero attached hydrogens (tertiary/aromatic N) is 3. The lowest BCUT2D eigenvalue weighted by atomic mass is 9.89. The Labute approximate surface area is 231 Å². The van der Waals surface area contributed by atoms with Crippen molar-refractivity contribution >= 4 is 39.9 Å². The number of benzene rings is 3. The predicted molar refractivity (Wildman–Crippen MR) is 153 cm³/mol. The number of likely N-dealkylation sites (tertiary alicyclic amines) is 1. The second-order valence-corrected chi connectivity index (χ2v) is 9.98. The highest BCUT2D eigenvalue weighted by Gasteiger charge is 2.25. The van der Waals surface area contributed by atoms with E-state index in [1.807, 2.05) is 53.4 Å². The van der Waals surface area contributed by atoms with E-state index in [1.165, 1.54) is 12.7 Å². The molecule has 0 bridgehead atoms. The van der Waals surface area contributed by atoms with Gasteiger partial charge in [0.05, 0.1) is 12.7 Å². The number of carbonyl (C=O) groups is 3. The average Bonchev–Trinajstić information content (AvgIpc) is 3.49. The summed E-state index contributed by atoms with van der Waals surface area (Å²) in [7, 11) is 1.36. The van der Waals surface area contributed by atoms with E-state index >= 15 is 0 Å². The van der Waals surface area contributed by atoms with Crippen LogP contribution in [0.2, 0.25) is 0 Å². The Balaban J connectivity index is 1.07. The number of nitrogens with one attached hydrogen (secondary N) is 1. The Kier molecular flexibility index (Phi) is 6.74. The van der Waals surface area contributed by atoms with Crippen LogP contribution in [0.3, 0.4) is 0 Å². The van der Waals surface area contributed by atoms with E-state index in [1.54, 1.807) is 35.0 Å². The molecule has 2 aromatic heterocycles. The maximum absolute atomic E-state index is 13.2. The van der Waals surface area contributed by atoms with Gasteiger partial charge in [0.1, 0.15) is 11.3 Å². The zero-order chi connectivity index (χ0) is 27.6. The molecular formula is C32H28N4O4. The first-order chi connectivity index (χ1) is 19.5. The molecule has 1 aliphatic rings. The lowest BCUT2D eigenvalue weighted by Gasteiger charge is -2.32. The van der Waals surface area contributed by atoms with Crippen molar-refractivity contribution in [3.05, 3.63) is 114 Å². The van der Waals surface area contributed by atoms with Crippen molar-refractivity contribution in [3.63, 3.8) is 0 Å². The van der Waals surface area contributed by atoms with Crippen molar-refractivity contribution < 1.29 is 19.1 Å². The fourth-order valence-corrected chi connectivity index (χ4v) is 5.39. The monoisotopic (exact) mass is 532 g/mol. The van der Waals surface area contributed by atoms with Crippen molar-refractivity contribution in [2.75, 3.05) is 25.5 Å². The first-order valence-corrected chi connectivity index (χ1v) is 13.2. The van der Waals surface area contributed by atoms with Crippen LogP contribution < -0.4 is 5.32 Å². The molecule has 0 spiro atoms. The molecule has 2 amide bonds. The van der Waals surface area contributed by atoms with Crippen molar-refractivity contribution in [1.82, 2.24) is 14.3 Å². The van der Waals surface area contributed by atoms with Gasteiger partial charge in [0.2, 0.25) is 0 Å². The zero-order valence-electron chi connectivity index (χ0n) is 22.0. The number of ether oxygens (including phenoxy) is 1. The van der Waals surface area contributed by atoms with E-state index in [4.69, 9.17) is 4.74 Å². The fourth-order valence-electron chi connectivity index (χ4n) is 5.39. The minimum absolute atomic E-state index is 0.0170. The maximum atomic E-state index is 13.2. The van der Waals surface area contributed by atoms with Crippen LogP contribution in [0.1, 0.15) is 55.5 Å². The number of hydrogen-bond acceptors (Lipinski definition) is 5. The molecule has 0 unspecified atom stereocenters. The molecule has 1 saturated heterocycles. The number of pyridine rings is 1. The number of imidazole rings is 1. The molecule has 1 N–H and O–H groups in total. The van der Waals surface area contributed by atoms with Gasteiger partial charge in [0.15, 0.2) is 0 Å². The highest BCUT2D eigenvalue weighted by molar-refractivity contribution is 6.03. The smallest absolute Gasteiger partial charge is 0.337 e. The van der Waals surface area contributed by atoms with Gasteiger partial charge in [-0.2, -0.15) is 0 Å². The van der Waals surface area contributed by atoms with Crippen molar-refractivity contribution in [1.29, 1.82) is 0 Å². The molecule has 0 atom stereocenters. The number of aromatic nitrogens is 2. The van der Waals surface area contributed by atoms with Gasteiger partial charge in [-0.3, -0.25) is 14.0 Å². The van der Waals surface area contributed by atoms with Gasteiger partial charge in [0, 0.05) is 36.7 Å². The number of carbonyl (C=O) groups excluding carboxylic acids is 3. The summed E-state index contributed by atoms with van der Waals surface area (Å²) >= 11 is 0. The molecule has 200 valence electrons. The Morgan fingerprint density at radius 2 is 1.57 bits per heavy atom. The van der Waals surface area contributed by atoms with Crippen LogP contribution in [0, 0.1) is 0 Å². The molecule has 40 heavy (non-hydrogen) atoms. The maximum Gasteiger partial charge on any atom is 0.337 e. The molecular weight excluding hydrogens is 504 g/mol. The summed E-state index contributed by atoms with van der Waals surface area (Å²) in [5, 5.41) is 4.76. The number of hydrogen-bond donors (Lipinski definition) is 1. The second-order valence-electron chi connectivity index (χ2n) is 9.98. The van der Waals surface area contributed by atoms with Crippen molar-refractivity contribution in [2.24, 2.45) is 0 Å². The van der Waals surface area contributed by atoms with Gasteiger partial charge in [-0.05, 0) is 83.6 Å². The molecule has 8 heteroatoms. The molecule has 3 heterocycles. The van der Waals surface area contributed by atoms with Gasteiger partial charge >= 0.3 is 5.97 Å². The van der Waals surface area contributed by atoms with E-state index in [0.717, 1.165) is 34.9 Å². The highest BCUT2D eigenvalue weighted by atomic mass is 16.5. The molecule has 6 rings (SSSR count). The molecule has 8 nitrogen and oxygen atoms in total. The minimum Gasteiger partial charge on any atom is -0.465 e. The normalized spacial score (nSPS) is 13.9. The molecule has 5 aromatic rings. The van der Waals surface area contributed by atoms with Gasteiger partial charge in [-0.25, -0.2) is 9.78 Å². The number of piperidine rings is 1. The van der Waals surface area contributed by atoms with Crippen LogP contribution in [-0.2, 0) is 4.74 Å². The van der Waals surface area contributed by atoms with E-state index in [0.29, 0.717) is 35.8 Å². The molecule has 3 aromatic carbocycles. The number of rotatable bonds is 5. The largest absolute Gasteiger partial charge is 0.465 e. The fraction of sp³-hybridized carbons (Fsp3) is 0.188. The molecule has 0 aliphatic carbocycles. The summed E-state index contributed by atoms with van der Waals surface area (Å²) in [5.74, 6) is -0.209. The first kappa shape index (κ1) is 25.3. The number of amides is 2. The summed E-state index contributed by atoms with van der Waals surface area (Å²) in [6, 6.07) is 24.3. The first-order valence-electron chi connectivity index (χ1n) is 13.2. The van der Waals surface area contributed by atoms with E-state index in [9.17, 15) is 14.4 Å². The molecule has 1 fully saturated rings. The van der Waals surface area contributed by atoms with Gasteiger partial charge in [-0.15, -0.1) is 0 Å². The Morgan fingerprint density at radius 1 is 0.875 bits per heavy atom. The molecule has 0 saturated carbocycles. The third-order valence-electron chi connectivity index (χ3n) is 7.59. The second kappa shape index (κ2) is 10.6. The minimum atomic E-state index is -0.382. The van der Waals surface area contributed by atoms with Crippen LogP contribution >= 0.6 is 0 Å². The van der Waals surface area contributed by atoms with Crippen molar-refractivity contribution in [2.45, 2.75) is 18.8 Å². The summed E-state index contributed by atoms with van der Waals surface area (Å²) in [6.07, 6.45) is 5.18. The third-order valence-corrected chi connectivity index (χ3v) is 7.59. The van der Waals surface area contributed by atoms with E-state index in [2.05, 4.69) is 22.4 Å². The van der Waals surface area contributed by atoms with Crippen LogP contribution in [0.4, 0.5) is 5.69 Å². The molecule has 0 radical (unpaired) electrons. The van der Waals surface area contributed by atoms with Crippen LogP contribution in [0.5, 0.6) is 0 Å². The number of fused-ring (bicyclic) bond motifs is 2. The Bertz CT molecular complexity index is 1730. The summed E-state index contributed by atoms with van der Waals surface area (Å²) < 4.78 is 6.56. The highest BCUT2D eigenvalue weighted by Crippen LogP contribution is 2.30. The number of esters is 1. The predicted octanol–water partition coefficient (Wildman–Crippen LogP) is 5.55. The number of methoxy groups -OCH3 is 1. The Morgan fingerprint density at radius 3 is 2.30 bits per heavy atom. The quantitative estimate of drug-likeness (QED) is 0.300. The summed E-state index contributed by atoms with van der Waals surface area (Å²) in [5.41, 5.74) is 4.31. The molecule has 1 aliphatic heterocycles. The van der Waals surface area contributed by atoms with Gasteiger partial charge in [-0.1, -0.05) is 30.3 Å². The summed E-state index contributed by atoms with van der Waals surface area (Å²) in [6.45, 7) is 1.35. The topological polar surface area (TPSA) is 93.0 Å². The van der Waals surface area contributed by atoms with Crippen LogP contribution in [0.25, 0.3) is 16.4 Å². The lowest BCUT2D eigenvalue weighted by molar-refractivity contribution is 0.0600. The average molecular weight is 533 g/mol. The van der Waals surface area contributed by atoms with Gasteiger partial charge < -0.3 is 15.0 Å². The third kappa shape index (κ3) is 4.91. The van der Waals surface area contributed by atoms with Crippen molar-refractivity contribution in [3.8, 4) is 0 Å². The zero-order valence-corrected chi connectivity index (χ0v) is 22.0. The lowest BCUT2D eigenvalue weighted by Crippen LogP contribution is -2.37. The Hall–Kier alpha value is -4.98. The van der Waals surface area contributed by atoms with Gasteiger partial charge in [0.25, 0.3) is 11.8 Å². The van der Waals surface area contributed by atoms with E-state index < -0.39 is 0 Å². The van der Waals surface area contributed by atoms with Crippen LogP contribution in [-0.4, -0.2) is 52.3 Å². The van der Waals surface area contributed by atoms with Crippen LogP contribution in [0.15, 0.2) is 91.3 Å². The van der Waals surface area contributed by atoms with E-state index in [-0.39, 0.29) is 17.8 Å². The summed E-state index contributed by atoms with van der Waals surface area (Å²) in [4.78, 5) is 44.0. The standard InChI is InChI=1S/C32H28N4O4/c1-40-32(39)26-8-6-23-19-25(7-5-24(23)20-26)31(38)35-16-13-22(14-17-35)21-9-11-27(12-10-21)34-30(37)28-3-2-4-29-33-15-18-36(28)29/h2-12,15,18-20,22H,13-14,16-17H2,1H3,(H,34,37). The SMILES string of the molecule is COC(=O)c1ccc2cc(C(=O)N3CCC(c4ccc(NC(=O)c5cccc6nccn56)cc4)CC3)ccc2c1. The number of anilines is 1.